The summed E-state index contributed by atoms with van der Waals surface area (Å²) in [5.74, 6) is 0.393. The van der Waals surface area contributed by atoms with Gasteiger partial charge in [-0.25, -0.2) is 9.97 Å². The first-order valence-electron chi connectivity index (χ1n) is 5.96. The van der Waals surface area contributed by atoms with E-state index in [0.717, 1.165) is 37.3 Å². The summed E-state index contributed by atoms with van der Waals surface area (Å²) < 4.78 is 0.775. The first kappa shape index (κ1) is 13.2. The second-order valence-electron chi connectivity index (χ2n) is 4.56. The molecule has 100 valence electrons. The van der Waals surface area contributed by atoms with Crippen LogP contribution in [-0.2, 0) is 0 Å². The van der Waals surface area contributed by atoms with E-state index in [1.54, 1.807) is 11.3 Å². The highest BCUT2D eigenvalue weighted by Gasteiger charge is 2.31. The van der Waals surface area contributed by atoms with Gasteiger partial charge in [0.2, 0.25) is 0 Å². The van der Waals surface area contributed by atoms with E-state index in [0.29, 0.717) is 11.6 Å². The van der Waals surface area contributed by atoms with Crippen molar-refractivity contribution in [3.05, 3.63) is 25.2 Å². The average Bonchev–Trinajstić information content (AvgIpc) is 3.04. The van der Waals surface area contributed by atoms with Gasteiger partial charge >= 0.3 is 0 Å². The molecule has 1 amide bonds. The number of amides is 1. The Kier molecular flexibility index (Phi) is 3.44. The summed E-state index contributed by atoms with van der Waals surface area (Å²) in [4.78, 5) is 22.1. The van der Waals surface area contributed by atoms with Crippen LogP contribution in [0.25, 0.3) is 0 Å². The largest absolute Gasteiger partial charge is 0.311 e. The second kappa shape index (κ2) is 4.96. The molecule has 1 aliphatic rings. The van der Waals surface area contributed by atoms with E-state index in [4.69, 9.17) is 0 Å². The number of anilines is 1. The lowest BCUT2D eigenvalue weighted by atomic mass is 10.2. The molecule has 19 heavy (non-hydrogen) atoms. The fourth-order valence-corrected chi connectivity index (χ4v) is 4.37. The SMILES string of the molecule is Cc1nc(C)c(NC(=O)c2nc(Br)sc2C2CC2)s1. The van der Waals surface area contributed by atoms with E-state index in [1.807, 2.05) is 13.8 Å². The van der Waals surface area contributed by atoms with Crippen LogP contribution in [0, 0.1) is 13.8 Å². The molecular weight excluding hydrogens is 346 g/mol. The van der Waals surface area contributed by atoms with Crippen LogP contribution in [0.1, 0.15) is 44.8 Å². The molecule has 1 aliphatic carbocycles. The summed E-state index contributed by atoms with van der Waals surface area (Å²) in [5.41, 5.74) is 1.42. The zero-order valence-corrected chi connectivity index (χ0v) is 13.7. The number of aryl methyl sites for hydroxylation is 2. The number of nitrogens with one attached hydrogen (secondary N) is 1. The van der Waals surface area contributed by atoms with Crippen molar-refractivity contribution in [3.63, 3.8) is 0 Å². The molecule has 2 heterocycles. The van der Waals surface area contributed by atoms with Crippen LogP contribution in [0.5, 0.6) is 0 Å². The molecule has 2 aromatic rings. The van der Waals surface area contributed by atoms with Gasteiger partial charge in [0.25, 0.3) is 5.91 Å². The molecule has 1 saturated carbocycles. The molecule has 7 heteroatoms. The van der Waals surface area contributed by atoms with Gasteiger partial charge in [0.15, 0.2) is 3.92 Å². The van der Waals surface area contributed by atoms with Crippen LogP contribution < -0.4 is 5.32 Å². The Morgan fingerprint density at radius 3 is 2.63 bits per heavy atom. The molecule has 0 bridgehead atoms. The van der Waals surface area contributed by atoms with Crippen LogP contribution in [0.2, 0.25) is 0 Å². The quantitative estimate of drug-likeness (QED) is 0.898. The number of rotatable bonds is 3. The minimum Gasteiger partial charge on any atom is -0.311 e. The first-order chi connectivity index (χ1) is 9.04. The summed E-state index contributed by atoms with van der Waals surface area (Å²) in [6.45, 7) is 3.83. The number of carbonyl (C=O) groups is 1. The van der Waals surface area contributed by atoms with Crippen molar-refractivity contribution in [3.8, 4) is 0 Å². The van der Waals surface area contributed by atoms with Gasteiger partial charge in [-0.15, -0.1) is 22.7 Å². The van der Waals surface area contributed by atoms with Gasteiger partial charge in [0, 0.05) is 4.88 Å². The standard InChI is InChI=1S/C12H12BrN3OS2/c1-5-11(18-6(2)14-5)16-10(17)8-9(7-3-4-7)19-12(13)15-8/h7H,3-4H2,1-2H3,(H,16,17). The van der Waals surface area contributed by atoms with Crippen molar-refractivity contribution >= 4 is 49.5 Å². The minimum atomic E-state index is -0.129. The monoisotopic (exact) mass is 357 g/mol. The lowest BCUT2D eigenvalue weighted by Crippen LogP contribution is -2.13. The third-order valence-corrected chi connectivity index (χ3v) is 5.58. The smallest absolute Gasteiger partial charge is 0.276 e. The number of hydrogen-bond acceptors (Lipinski definition) is 5. The van der Waals surface area contributed by atoms with E-state index in [-0.39, 0.29) is 5.91 Å². The molecule has 1 N–H and O–H groups in total. The molecule has 0 radical (unpaired) electrons. The normalized spacial score (nSPS) is 14.7. The van der Waals surface area contributed by atoms with Gasteiger partial charge in [-0.2, -0.15) is 0 Å². The number of hydrogen-bond donors (Lipinski definition) is 1. The number of carbonyl (C=O) groups excluding carboxylic acids is 1. The Hall–Kier alpha value is -0.790. The highest BCUT2D eigenvalue weighted by molar-refractivity contribution is 9.11. The average molecular weight is 358 g/mol. The van der Waals surface area contributed by atoms with Gasteiger partial charge in [-0.05, 0) is 48.5 Å². The minimum absolute atomic E-state index is 0.129. The Balaban J connectivity index is 1.86. The first-order valence-corrected chi connectivity index (χ1v) is 8.39. The summed E-state index contributed by atoms with van der Waals surface area (Å²) in [6.07, 6.45) is 2.32. The van der Waals surface area contributed by atoms with Crippen molar-refractivity contribution in [1.82, 2.24) is 9.97 Å². The van der Waals surface area contributed by atoms with Gasteiger partial charge in [0.05, 0.1) is 10.7 Å². The van der Waals surface area contributed by atoms with Gasteiger partial charge in [0.1, 0.15) is 10.7 Å². The number of halogens is 1. The molecule has 0 unspecified atom stereocenters. The molecule has 3 rings (SSSR count). The summed E-state index contributed by atoms with van der Waals surface area (Å²) in [5, 5.41) is 4.69. The van der Waals surface area contributed by atoms with Gasteiger partial charge in [-0.1, -0.05) is 0 Å². The lowest BCUT2D eigenvalue weighted by Gasteiger charge is -2.02. The Morgan fingerprint density at radius 2 is 2.05 bits per heavy atom. The second-order valence-corrected chi connectivity index (χ2v) is 8.07. The van der Waals surface area contributed by atoms with Crippen molar-refractivity contribution in [2.75, 3.05) is 5.32 Å². The van der Waals surface area contributed by atoms with Crippen LogP contribution in [0.15, 0.2) is 3.92 Å². The molecule has 1 fully saturated rings. The van der Waals surface area contributed by atoms with Crippen LogP contribution in [0.3, 0.4) is 0 Å². The van der Waals surface area contributed by atoms with E-state index in [9.17, 15) is 4.79 Å². The Bertz CT molecular complexity index is 645. The lowest BCUT2D eigenvalue weighted by molar-refractivity contribution is 0.102. The van der Waals surface area contributed by atoms with Gasteiger partial charge < -0.3 is 5.32 Å². The molecule has 4 nitrogen and oxygen atoms in total. The van der Waals surface area contributed by atoms with Crippen molar-refractivity contribution in [2.24, 2.45) is 0 Å². The highest BCUT2D eigenvalue weighted by Crippen LogP contribution is 2.45. The zero-order chi connectivity index (χ0) is 13.6. The van der Waals surface area contributed by atoms with E-state index in [1.165, 1.54) is 11.3 Å². The molecule has 0 atom stereocenters. The fraction of sp³-hybridized carbons (Fsp3) is 0.417. The predicted octanol–water partition coefficient (Wildman–Crippen LogP) is 4.11. The topological polar surface area (TPSA) is 54.9 Å². The van der Waals surface area contributed by atoms with Crippen molar-refractivity contribution in [2.45, 2.75) is 32.6 Å². The molecular formula is C12H12BrN3OS2. The van der Waals surface area contributed by atoms with Crippen LogP contribution in [0.4, 0.5) is 5.00 Å². The molecule has 0 aliphatic heterocycles. The predicted molar refractivity (Wildman–Crippen MR) is 81.3 cm³/mol. The highest BCUT2D eigenvalue weighted by atomic mass is 79.9. The van der Waals surface area contributed by atoms with E-state index in [2.05, 4.69) is 31.2 Å². The summed E-state index contributed by atoms with van der Waals surface area (Å²) in [6, 6.07) is 0. The number of aromatic nitrogens is 2. The maximum Gasteiger partial charge on any atom is 0.276 e. The maximum absolute atomic E-state index is 12.3. The molecule has 0 saturated heterocycles. The zero-order valence-electron chi connectivity index (χ0n) is 10.5. The number of nitrogens with zero attached hydrogens (tertiary/aromatic N) is 2. The van der Waals surface area contributed by atoms with Crippen molar-refractivity contribution in [1.29, 1.82) is 0 Å². The van der Waals surface area contributed by atoms with Crippen LogP contribution >= 0.6 is 38.6 Å². The van der Waals surface area contributed by atoms with E-state index < -0.39 is 0 Å². The number of thiazole rings is 2. The Morgan fingerprint density at radius 1 is 1.32 bits per heavy atom. The fourth-order valence-electron chi connectivity index (χ4n) is 1.90. The van der Waals surface area contributed by atoms with Gasteiger partial charge in [-0.3, -0.25) is 4.79 Å². The molecule has 0 spiro atoms. The van der Waals surface area contributed by atoms with Crippen molar-refractivity contribution < 1.29 is 4.79 Å². The third-order valence-electron chi connectivity index (χ3n) is 2.92. The summed E-state index contributed by atoms with van der Waals surface area (Å²) >= 11 is 6.43. The van der Waals surface area contributed by atoms with Crippen LogP contribution in [-0.4, -0.2) is 15.9 Å². The Labute approximate surface area is 127 Å². The molecule has 0 aromatic carbocycles. The third kappa shape index (κ3) is 2.73. The van der Waals surface area contributed by atoms with E-state index >= 15 is 0 Å². The maximum atomic E-state index is 12.3. The summed E-state index contributed by atoms with van der Waals surface area (Å²) in [7, 11) is 0. The molecule has 2 aromatic heterocycles.